The van der Waals surface area contributed by atoms with Gasteiger partial charge in [0.15, 0.2) is 5.78 Å². The smallest absolute Gasteiger partial charge is 0.343 e. The Morgan fingerprint density at radius 2 is 2.21 bits per heavy atom. The van der Waals surface area contributed by atoms with Gasteiger partial charge in [0.1, 0.15) is 15.9 Å². The molecule has 1 N–H and O–H groups in total. The SMILES string of the molecule is CCOC(=O)c1c(Br)n[nH]c1C(C)=O. The van der Waals surface area contributed by atoms with Gasteiger partial charge in [-0.15, -0.1) is 0 Å². The molecule has 0 saturated carbocycles. The van der Waals surface area contributed by atoms with E-state index < -0.39 is 5.97 Å². The molecule has 0 aliphatic heterocycles. The van der Waals surface area contributed by atoms with Gasteiger partial charge in [-0.1, -0.05) is 0 Å². The first-order chi connectivity index (χ1) is 6.57. The topological polar surface area (TPSA) is 72.0 Å². The molecular formula is C8H9BrN2O3. The van der Waals surface area contributed by atoms with E-state index in [4.69, 9.17) is 4.74 Å². The highest BCUT2D eigenvalue weighted by Gasteiger charge is 2.22. The number of rotatable bonds is 3. The molecule has 0 saturated heterocycles. The summed E-state index contributed by atoms with van der Waals surface area (Å²) in [5, 5.41) is 6.18. The van der Waals surface area contributed by atoms with E-state index in [2.05, 4.69) is 26.1 Å². The standard InChI is InChI=1S/C8H9BrN2O3/c1-3-14-8(13)5-6(4(2)12)10-11-7(5)9/h3H2,1-2H3,(H,10,11). The van der Waals surface area contributed by atoms with Crippen molar-refractivity contribution in [2.75, 3.05) is 6.61 Å². The number of hydrogen-bond donors (Lipinski definition) is 1. The van der Waals surface area contributed by atoms with Gasteiger partial charge in [-0.3, -0.25) is 9.89 Å². The lowest BCUT2D eigenvalue weighted by atomic mass is 10.2. The summed E-state index contributed by atoms with van der Waals surface area (Å²) in [6.07, 6.45) is 0. The summed E-state index contributed by atoms with van der Waals surface area (Å²) < 4.78 is 5.07. The number of aromatic nitrogens is 2. The minimum atomic E-state index is -0.557. The fourth-order valence-electron chi connectivity index (χ4n) is 0.964. The van der Waals surface area contributed by atoms with Crippen LogP contribution in [0.2, 0.25) is 0 Å². The third-order valence-corrected chi connectivity index (χ3v) is 2.13. The molecular weight excluding hydrogens is 252 g/mol. The molecule has 0 fully saturated rings. The molecule has 14 heavy (non-hydrogen) atoms. The van der Waals surface area contributed by atoms with E-state index in [1.807, 2.05) is 0 Å². The molecule has 0 atom stereocenters. The highest BCUT2D eigenvalue weighted by molar-refractivity contribution is 9.10. The Labute approximate surface area is 89.0 Å². The number of carbonyl (C=O) groups is 2. The lowest BCUT2D eigenvalue weighted by Crippen LogP contribution is -2.09. The van der Waals surface area contributed by atoms with Crippen LogP contribution < -0.4 is 0 Å². The molecule has 0 aliphatic carbocycles. The third kappa shape index (κ3) is 2.01. The summed E-state index contributed by atoms with van der Waals surface area (Å²) in [7, 11) is 0. The van der Waals surface area contributed by atoms with Crippen molar-refractivity contribution in [2.45, 2.75) is 13.8 Å². The minimum Gasteiger partial charge on any atom is -0.462 e. The first-order valence-electron chi connectivity index (χ1n) is 3.99. The van der Waals surface area contributed by atoms with Crippen LogP contribution in [0.3, 0.4) is 0 Å². The number of aromatic amines is 1. The normalized spacial score (nSPS) is 9.93. The van der Waals surface area contributed by atoms with Gasteiger partial charge in [0.05, 0.1) is 6.61 Å². The fraction of sp³-hybridized carbons (Fsp3) is 0.375. The van der Waals surface area contributed by atoms with E-state index in [9.17, 15) is 9.59 Å². The molecule has 1 heterocycles. The monoisotopic (exact) mass is 260 g/mol. The summed E-state index contributed by atoms with van der Waals surface area (Å²) in [5.41, 5.74) is 0.315. The van der Waals surface area contributed by atoms with Crippen molar-refractivity contribution in [1.29, 1.82) is 0 Å². The van der Waals surface area contributed by atoms with Crippen LogP contribution >= 0.6 is 15.9 Å². The molecule has 0 aliphatic rings. The summed E-state index contributed by atoms with van der Waals surface area (Å²) in [6, 6.07) is 0. The van der Waals surface area contributed by atoms with Crippen LogP contribution in [0.25, 0.3) is 0 Å². The summed E-state index contributed by atoms with van der Waals surface area (Å²) in [5.74, 6) is -0.815. The number of Topliss-reactive ketones (excluding diaryl/α,β-unsaturated/α-hetero) is 1. The Morgan fingerprint density at radius 3 is 2.71 bits per heavy atom. The molecule has 0 radical (unpaired) electrons. The zero-order chi connectivity index (χ0) is 10.7. The maximum Gasteiger partial charge on any atom is 0.343 e. The van der Waals surface area contributed by atoms with Crippen molar-refractivity contribution < 1.29 is 14.3 Å². The average Bonchev–Trinajstić information content (AvgIpc) is 2.47. The highest BCUT2D eigenvalue weighted by atomic mass is 79.9. The molecule has 1 aromatic rings. The Hall–Kier alpha value is -1.17. The Morgan fingerprint density at radius 1 is 1.57 bits per heavy atom. The van der Waals surface area contributed by atoms with Gasteiger partial charge >= 0.3 is 5.97 Å². The van der Waals surface area contributed by atoms with Crippen molar-refractivity contribution >= 4 is 27.7 Å². The van der Waals surface area contributed by atoms with Gasteiger partial charge in [0.25, 0.3) is 0 Å². The van der Waals surface area contributed by atoms with Crippen LogP contribution in [-0.2, 0) is 4.74 Å². The quantitative estimate of drug-likeness (QED) is 0.661. The molecule has 0 unspecified atom stereocenters. The van der Waals surface area contributed by atoms with E-state index in [0.717, 1.165) is 0 Å². The van der Waals surface area contributed by atoms with Crippen molar-refractivity contribution in [2.24, 2.45) is 0 Å². The van der Waals surface area contributed by atoms with Gasteiger partial charge in [-0.05, 0) is 22.9 Å². The number of nitrogens with zero attached hydrogens (tertiary/aromatic N) is 1. The molecule has 76 valence electrons. The lowest BCUT2D eigenvalue weighted by Gasteiger charge is -2.00. The van der Waals surface area contributed by atoms with Crippen LogP contribution in [0.1, 0.15) is 34.7 Å². The van der Waals surface area contributed by atoms with Gasteiger partial charge in [-0.25, -0.2) is 4.79 Å². The molecule has 0 spiro atoms. The molecule has 0 amide bonds. The van der Waals surface area contributed by atoms with Crippen molar-refractivity contribution in [1.82, 2.24) is 10.2 Å². The highest BCUT2D eigenvalue weighted by Crippen LogP contribution is 2.18. The third-order valence-electron chi connectivity index (χ3n) is 1.55. The number of carbonyl (C=O) groups excluding carboxylic acids is 2. The Kier molecular flexibility index (Phi) is 3.40. The first kappa shape index (κ1) is 10.9. The van der Waals surface area contributed by atoms with Crippen molar-refractivity contribution in [3.05, 3.63) is 15.9 Å². The maximum absolute atomic E-state index is 11.4. The number of esters is 1. The predicted octanol–water partition coefficient (Wildman–Crippen LogP) is 1.55. The molecule has 0 bridgehead atoms. The molecule has 1 aromatic heterocycles. The van der Waals surface area contributed by atoms with E-state index in [1.54, 1.807) is 6.92 Å². The van der Waals surface area contributed by atoms with Crippen LogP contribution in [0.4, 0.5) is 0 Å². The van der Waals surface area contributed by atoms with E-state index in [1.165, 1.54) is 6.92 Å². The van der Waals surface area contributed by atoms with Crippen LogP contribution in [-0.4, -0.2) is 28.6 Å². The molecule has 0 aromatic carbocycles. The molecule has 5 nitrogen and oxygen atoms in total. The van der Waals surface area contributed by atoms with Gasteiger partial charge in [0, 0.05) is 6.92 Å². The second kappa shape index (κ2) is 4.36. The van der Waals surface area contributed by atoms with E-state index in [-0.39, 0.29) is 23.6 Å². The summed E-state index contributed by atoms with van der Waals surface area (Å²) in [4.78, 5) is 22.5. The average molecular weight is 261 g/mol. The van der Waals surface area contributed by atoms with Crippen LogP contribution in [0, 0.1) is 0 Å². The number of H-pyrrole nitrogens is 1. The van der Waals surface area contributed by atoms with E-state index >= 15 is 0 Å². The largest absolute Gasteiger partial charge is 0.462 e. The number of hydrogen-bond acceptors (Lipinski definition) is 4. The lowest BCUT2D eigenvalue weighted by molar-refractivity contribution is 0.0522. The van der Waals surface area contributed by atoms with Gasteiger partial charge in [-0.2, -0.15) is 5.10 Å². The van der Waals surface area contributed by atoms with E-state index in [0.29, 0.717) is 4.60 Å². The fourth-order valence-corrected chi connectivity index (χ4v) is 1.41. The number of nitrogens with one attached hydrogen (secondary N) is 1. The van der Waals surface area contributed by atoms with Crippen LogP contribution in [0.15, 0.2) is 4.60 Å². The molecule has 1 rings (SSSR count). The summed E-state index contributed by atoms with van der Waals surface area (Å²) in [6.45, 7) is 3.30. The minimum absolute atomic E-state index is 0.152. The number of ether oxygens (including phenoxy) is 1. The maximum atomic E-state index is 11.4. The zero-order valence-electron chi connectivity index (χ0n) is 7.76. The second-order valence-electron chi connectivity index (χ2n) is 2.54. The Balaban J connectivity index is 3.11. The number of halogens is 1. The summed E-state index contributed by atoms with van der Waals surface area (Å²) >= 11 is 3.06. The Bertz CT molecular complexity index is 373. The van der Waals surface area contributed by atoms with Gasteiger partial charge < -0.3 is 4.74 Å². The second-order valence-corrected chi connectivity index (χ2v) is 3.29. The van der Waals surface area contributed by atoms with Crippen molar-refractivity contribution in [3.63, 3.8) is 0 Å². The first-order valence-corrected chi connectivity index (χ1v) is 4.79. The van der Waals surface area contributed by atoms with Crippen molar-refractivity contribution in [3.8, 4) is 0 Å². The number of ketones is 1. The van der Waals surface area contributed by atoms with Crippen LogP contribution in [0.5, 0.6) is 0 Å². The zero-order valence-corrected chi connectivity index (χ0v) is 9.34. The predicted molar refractivity (Wildman–Crippen MR) is 52.2 cm³/mol. The molecule has 6 heteroatoms. The van der Waals surface area contributed by atoms with Gasteiger partial charge in [0.2, 0.25) is 0 Å².